The molecule has 2 heterocycles. The van der Waals surface area contributed by atoms with Gasteiger partial charge in [-0.05, 0) is 30.5 Å². The number of amides is 1. The first-order valence-electron chi connectivity index (χ1n) is 6.58. The number of nitrogens with zero attached hydrogens (tertiary/aromatic N) is 1. The summed E-state index contributed by atoms with van der Waals surface area (Å²) in [5.41, 5.74) is 1.82. The number of hydrogen-bond donors (Lipinski definition) is 2. The maximum Gasteiger partial charge on any atom is 0.334 e. The second kappa shape index (κ2) is 7.15. The van der Waals surface area contributed by atoms with Gasteiger partial charge in [0.15, 0.2) is 6.10 Å². The van der Waals surface area contributed by atoms with Crippen molar-refractivity contribution in [1.29, 1.82) is 0 Å². The topological polar surface area (TPSA) is 88.5 Å². The molecule has 0 fully saturated rings. The van der Waals surface area contributed by atoms with Gasteiger partial charge in [-0.1, -0.05) is 6.07 Å². The fraction of sp³-hybridized carbons (Fsp3) is 0.267. The molecule has 7 heteroatoms. The van der Waals surface area contributed by atoms with E-state index in [9.17, 15) is 9.59 Å². The molecular formula is C15H16N2O4S. The van der Waals surface area contributed by atoms with Crippen LogP contribution in [0.15, 0.2) is 29.6 Å². The number of aliphatic carboxylic acids is 1. The van der Waals surface area contributed by atoms with Crippen LogP contribution in [0, 0.1) is 6.92 Å². The van der Waals surface area contributed by atoms with E-state index in [1.54, 1.807) is 30.4 Å². The Hall–Kier alpha value is -2.25. The second-order valence-electron chi connectivity index (χ2n) is 4.58. The van der Waals surface area contributed by atoms with Gasteiger partial charge in [0.1, 0.15) is 0 Å². The number of carboxylic acid groups (broad SMARTS) is 1. The number of rotatable bonds is 6. The van der Waals surface area contributed by atoms with Gasteiger partial charge >= 0.3 is 5.97 Å². The number of hydrogen-bond acceptors (Lipinski definition) is 5. The Morgan fingerprint density at radius 1 is 1.41 bits per heavy atom. The minimum Gasteiger partial charge on any atom is -0.479 e. The van der Waals surface area contributed by atoms with Crippen molar-refractivity contribution >= 4 is 23.2 Å². The molecule has 0 radical (unpaired) electrons. The zero-order valence-electron chi connectivity index (χ0n) is 12.2. The average molecular weight is 320 g/mol. The molecule has 116 valence electrons. The highest BCUT2D eigenvalue weighted by atomic mass is 32.1. The highest BCUT2D eigenvalue weighted by molar-refractivity contribution is 7.13. The van der Waals surface area contributed by atoms with Crippen LogP contribution in [0.4, 0.5) is 0 Å². The van der Waals surface area contributed by atoms with Gasteiger partial charge in [0.25, 0.3) is 5.91 Å². The van der Waals surface area contributed by atoms with Crippen LogP contribution in [0.3, 0.4) is 0 Å². The van der Waals surface area contributed by atoms with Crippen molar-refractivity contribution in [3.05, 3.63) is 40.9 Å². The van der Waals surface area contributed by atoms with Gasteiger partial charge in [0, 0.05) is 7.11 Å². The molecule has 2 rings (SSSR count). The van der Waals surface area contributed by atoms with Gasteiger partial charge < -0.3 is 15.2 Å². The molecule has 0 saturated carbocycles. The Bertz CT molecular complexity index is 670. The van der Waals surface area contributed by atoms with E-state index in [4.69, 9.17) is 9.84 Å². The molecule has 22 heavy (non-hydrogen) atoms. The summed E-state index contributed by atoms with van der Waals surface area (Å²) in [5.74, 6) is -1.49. The smallest absolute Gasteiger partial charge is 0.334 e. The monoisotopic (exact) mass is 320 g/mol. The van der Waals surface area contributed by atoms with Crippen molar-refractivity contribution in [2.75, 3.05) is 13.7 Å². The molecule has 6 nitrogen and oxygen atoms in total. The Labute approximate surface area is 131 Å². The molecule has 2 N–H and O–H groups in total. The van der Waals surface area contributed by atoms with Crippen molar-refractivity contribution in [2.24, 2.45) is 0 Å². The van der Waals surface area contributed by atoms with Crippen LogP contribution in [0.1, 0.15) is 16.1 Å². The molecule has 1 atom stereocenters. The Morgan fingerprint density at radius 3 is 2.73 bits per heavy atom. The number of thiophene rings is 1. The van der Waals surface area contributed by atoms with E-state index >= 15 is 0 Å². The zero-order valence-corrected chi connectivity index (χ0v) is 13.0. The summed E-state index contributed by atoms with van der Waals surface area (Å²) in [6.45, 7) is 1.65. The number of pyridine rings is 1. The number of carbonyl (C=O) groups is 2. The lowest BCUT2D eigenvalue weighted by Gasteiger charge is -2.12. The minimum atomic E-state index is -1.12. The highest BCUT2D eigenvalue weighted by Gasteiger charge is 2.18. The summed E-state index contributed by atoms with van der Waals surface area (Å²) in [7, 11) is 1.29. The molecule has 0 aromatic carbocycles. The van der Waals surface area contributed by atoms with Crippen LogP contribution in [-0.4, -0.2) is 41.7 Å². The summed E-state index contributed by atoms with van der Waals surface area (Å²) in [6, 6.07) is 7.37. The molecule has 1 unspecified atom stereocenters. The van der Waals surface area contributed by atoms with Crippen molar-refractivity contribution in [3.63, 3.8) is 0 Å². The van der Waals surface area contributed by atoms with Gasteiger partial charge in [-0.25, -0.2) is 4.79 Å². The Kier molecular flexibility index (Phi) is 5.24. The minimum absolute atomic E-state index is 0.100. The zero-order chi connectivity index (χ0) is 16.1. The van der Waals surface area contributed by atoms with E-state index in [1.807, 2.05) is 17.5 Å². The number of carboxylic acids is 1. The van der Waals surface area contributed by atoms with Crippen molar-refractivity contribution in [1.82, 2.24) is 10.3 Å². The Morgan fingerprint density at radius 2 is 2.18 bits per heavy atom. The van der Waals surface area contributed by atoms with Crippen LogP contribution in [-0.2, 0) is 9.53 Å². The third-order valence-electron chi connectivity index (χ3n) is 3.11. The standard InChI is InChI=1S/C15H16N2O4S/c1-9-10(14(18)16-8-12(21-2)15(19)20)5-6-11(17-9)13-4-3-7-22-13/h3-7,12H,8H2,1-2H3,(H,16,18)(H,19,20). The molecule has 2 aromatic heterocycles. The first-order valence-corrected chi connectivity index (χ1v) is 7.46. The summed E-state index contributed by atoms with van der Waals surface area (Å²) < 4.78 is 4.77. The number of aromatic nitrogens is 1. The number of aryl methyl sites for hydroxylation is 1. The second-order valence-corrected chi connectivity index (χ2v) is 5.53. The molecule has 1 amide bonds. The van der Waals surface area contributed by atoms with Gasteiger partial charge in [-0.2, -0.15) is 0 Å². The van der Waals surface area contributed by atoms with E-state index < -0.39 is 12.1 Å². The van der Waals surface area contributed by atoms with Gasteiger partial charge in [-0.15, -0.1) is 11.3 Å². The van der Waals surface area contributed by atoms with E-state index in [1.165, 1.54) is 7.11 Å². The average Bonchev–Trinajstić information content (AvgIpc) is 3.01. The molecular weight excluding hydrogens is 304 g/mol. The fourth-order valence-corrected chi connectivity index (χ4v) is 2.61. The van der Waals surface area contributed by atoms with Crippen LogP contribution < -0.4 is 5.32 Å². The van der Waals surface area contributed by atoms with Crippen LogP contribution in [0.2, 0.25) is 0 Å². The normalized spacial score (nSPS) is 11.9. The number of methoxy groups -OCH3 is 1. The van der Waals surface area contributed by atoms with Crippen LogP contribution >= 0.6 is 11.3 Å². The van der Waals surface area contributed by atoms with Crippen LogP contribution in [0.5, 0.6) is 0 Å². The number of ether oxygens (including phenoxy) is 1. The molecule has 0 bridgehead atoms. The van der Waals surface area contributed by atoms with E-state index in [0.29, 0.717) is 11.3 Å². The SMILES string of the molecule is COC(CNC(=O)c1ccc(-c2cccs2)nc1C)C(=O)O. The molecule has 0 aliphatic carbocycles. The van der Waals surface area contributed by atoms with E-state index in [2.05, 4.69) is 10.3 Å². The van der Waals surface area contributed by atoms with Crippen molar-refractivity contribution < 1.29 is 19.4 Å². The summed E-state index contributed by atoms with van der Waals surface area (Å²) in [4.78, 5) is 28.4. The lowest BCUT2D eigenvalue weighted by atomic mass is 10.1. The fourth-order valence-electron chi connectivity index (χ4n) is 1.91. The quantitative estimate of drug-likeness (QED) is 0.849. The molecule has 2 aromatic rings. The summed E-state index contributed by atoms with van der Waals surface area (Å²) in [6.07, 6.45) is -1.07. The largest absolute Gasteiger partial charge is 0.479 e. The maximum atomic E-state index is 12.1. The predicted octanol–water partition coefficient (Wildman–Crippen LogP) is 1.95. The van der Waals surface area contributed by atoms with Crippen molar-refractivity contribution in [3.8, 4) is 10.6 Å². The molecule has 0 aliphatic rings. The third kappa shape index (κ3) is 3.69. The predicted molar refractivity (Wildman–Crippen MR) is 83.1 cm³/mol. The van der Waals surface area contributed by atoms with Gasteiger partial charge in [0.05, 0.1) is 28.4 Å². The van der Waals surface area contributed by atoms with E-state index in [-0.39, 0.29) is 12.5 Å². The number of nitrogens with one attached hydrogen (secondary N) is 1. The number of carbonyl (C=O) groups excluding carboxylic acids is 1. The highest BCUT2D eigenvalue weighted by Crippen LogP contribution is 2.23. The third-order valence-corrected chi connectivity index (χ3v) is 4.00. The maximum absolute atomic E-state index is 12.1. The first kappa shape index (κ1) is 16.1. The Balaban J connectivity index is 2.09. The molecule has 0 saturated heterocycles. The van der Waals surface area contributed by atoms with Gasteiger partial charge in [0.2, 0.25) is 0 Å². The lowest BCUT2D eigenvalue weighted by molar-refractivity contribution is -0.148. The molecule has 0 spiro atoms. The summed E-state index contributed by atoms with van der Waals surface area (Å²) in [5, 5.41) is 13.4. The lowest BCUT2D eigenvalue weighted by Crippen LogP contribution is -2.38. The van der Waals surface area contributed by atoms with Gasteiger partial charge in [-0.3, -0.25) is 9.78 Å². The first-order chi connectivity index (χ1) is 10.5. The molecule has 0 aliphatic heterocycles. The van der Waals surface area contributed by atoms with Crippen molar-refractivity contribution in [2.45, 2.75) is 13.0 Å². The van der Waals surface area contributed by atoms with E-state index in [0.717, 1.165) is 10.6 Å². The summed E-state index contributed by atoms with van der Waals surface area (Å²) >= 11 is 1.57. The van der Waals surface area contributed by atoms with Crippen LogP contribution in [0.25, 0.3) is 10.6 Å².